The third-order valence-corrected chi connectivity index (χ3v) is 4.40. The number of nitrogens with two attached hydrogens (primary N) is 1. The molecule has 0 fully saturated rings. The van der Waals surface area contributed by atoms with Gasteiger partial charge in [0.2, 0.25) is 0 Å². The van der Waals surface area contributed by atoms with Crippen molar-refractivity contribution in [2.24, 2.45) is 5.73 Å². The van der Waals surface area contributed by atoms with Crippen molar-refractivity contribution in [1.82, 2.24) is 0 Å². The number of primary amides is 1. The molecule has 6 nitrogen and oxygen atoms in total. The Morgan fingerprint density at radius 1 is 1.25 bits per heavy atom. The molecule has 0 aliphatic rings. The van der Waals surface area contributed by atoms with Gasteiger partial charge in [-0.3, -0.25) is 9.59 Å². The van der Waals surface area contributed by atoms with E-state index in [0.717, 1.165) is 5.56 Å². The maximum absolute atomic E-state index is 12.0. The van der Waals surface area contributed by atoms with E-state index in [1.54, 1.807) is 12.1 Å². The van der Waals surface area contributed by atoms with Gasteiger partial charge in [-0.25, -0.2) is 8.42 Å². The van der Waals surface area contributed by atoms with Gasteiger partial charge < -0.3 is 10.5 Å². The molecule has 0 unspecified atom stereocenters. The highest BCUT2D eigenvalue weighted by atomic mass is 32.2. The fourth-order valence-corrected chi connectivity index (χ4v) is 2.62. The number of rotatable bonds is 6. The van der Waals surface area contributed by atoms with E-state index < -0.39 is 27.8 Å². The molecule has 0 bridgehead atoms. The topological polar surface area (TPSA) is 104 Å². The molecule has 1 rings (SSSR count). The number of hydrogen-bond donors (Lipinski definition) is 1. The summed E-state index contributed by atoms with van der Waals surface area (Å²) in [7, 11) is -3.55. The van der Waals surface area contributed by atoms with Gasteiger partial charge in [0.05, 0.1) is 17.1 Å². The van der Waals surface area contributed by atoms with Gasteiger partial charge in [-0.2, -0.15) is 0 Å². The Balaban J connectivity index is 2.62. The van der Waals surface area contributed by atoms with E-state index in [-0.39, 0.29) is 17.1 Å². The fourth-order valence-electron chi connectivity index (χ4n) is 1.40. The van der Waals surface area contributed by atoms with Gasteiger partial charge in [0.1, 0.15) is 0 Å². The minimum Gasteiger partial charge on any atom is -0.453 e. The van der Waals surface area contributed by atoms with Crippen molar-refractivity contribution in [3.8, 4) is 0 Å². The van der Waals surface area contributed by atoms with Crippen LogP contribution in [0, 0.1) is 6.92 Å². The molecule has 0 saturated carbocycles. The summed E-state index contributed by atoms with van der Waals surface area (Å²) >= 11 is 0. The second-order valence-corrected chi connectivity index (χ2v) is 6.53. The maximum atomic E-state index is 12.0. The molecule has 0 saturated heterocycles. The maximum Gasteiger partial charge on any atom is 0.307 e. The molecule has 1 amide bonds. The standard InChI is InChI=1S/C13H17NO5S/c1-9-3-5-11(6-4-9)20(17,18)8-7-12(15)19-10(2)13(14)16/h3-6,10H,7-8H2,1-2H3,(H2,14,16)/t10-/m1/s1. The van der Waals surface area contributed by atoms with Crippen LogP contribution in [0.1, 0.15) is 18.9 Å². The van der Waals surface area contributed by atoms with Crippen molar-refractivity contribution in [1.29, 1.82) is 0 Å². The lowest BCUT2D eigenvalue weighted by Crippen LogP contribution is -2.31. The van der Waals surface area contributed by atoms with Crippen molar-refractivity contribution in [2.45, 2.75) is 31.3 Å². The monoisotopic (exact) mass is 299 g/mol. The van der Waals surface area contributed by atoms with Crippen LogP contribution in [0.2, 0.25) is 0 Å². The number of benzene rings is 1. The first-order valence-electron chi connectivity index (χ1n) is 6.00. The van der Waals surface area contributed by atoms with E-state index in [0.29, 0.717) is 0 Å². The number of hydrogen-bond acceptors (Lipinski definition) is 5. The van der Waals surface area contributed by atoms with E-state index in [9.17, 15) is 18.0 Å². The van der Waals surface area contributed by atoms with E-state index in [4.69, 9.17) is 5.73 Å². The fraction of sp³-hybridized carbons (Fsp3) is 0.385. The molecule has 0 aliphatic heterocycles. The zero-order valence-electron chi connectivity index (χ0n) is 11.3. The van der Waals surface area contributed by atoms with Crippen LogP contribution in [-0.4, -0.2) is 32.2 Å². The molecule has 1 atom stereocenters. The third-order valence-electron chi connectivity index (χ3n) is 2.66. The van der Waals surface area contributed by atoms with Crippen LogP contribution in [-0.2, 0) is 24.2 Å². The quantitative estimate of drug-likeness (QED) is 0.774. The molecule has 1 aromatic rings. The highest BCUT2D eigenvalue weighted by Crippen LogP contribution is 2.13. The van der Waals surface area contributed by atoms with Crippen LogP contribution in [0.15, 0.2) is 29.2 Å². The van der Waals surface area contributed by atoms with Crippen LogP contribution in [0.4, 0.5) is 0 Å². The molecule has 1 aromatic carbocycles. The Bertz CT molecular complexity index is 592. The smallest absolute Gasteiger partial charge is 0.307 e. The van der Waals surface area contributed by atoms with Crippen molar-refractivity contribution in [3.63, 3.8) is 0 Å². The largest absolute Gasteiger partial charge is 0.453 e. The molecule has 110 valence electrons. The van der Waals surface area contributed by atoms with Gasteiger partial charge in [-0.05, 0) is 26.0 Å². The summed E-state index contributed by atoms with van der Waals surface area (Å²) in [5.41, 5.74) is 5.88. The Hall–Kier alpha value is -1.89. The number of sulfone groups is 1. The molecular weight excluding hydrogens is 282 g/mol. The first-order chi connectivity index (χ1) is 9.22. The number of esters is 1. The van der Waals surface area contributed by atoms with E-state index >= 15 is 0 Å². The second-order valence-electron chi connectivity index (χ2n) is 4.42. The van der Waals surface area contributed by atoms with E-state index in [2.05, 4.69) is 4.74 Å². The number of carbonyl (C=O) groups is 2. The Morgan fingerprint density at radius 3 is 2.30 bits per heavy atom. The predicted molar refractivity (Wildman–Crippen MR) is 72.6 cm³/mol. The van der Waals surface area contributed by atoms with Crippen molar-refractivity contribution in [2.75, 3.05) is 5.75 Å². The third kappa shape index (κ3) is 4.65. The normalized spacial score (nSPS) is 12.7. The van der Waals surface area contributed by atoms with Gasteiger partial charge in [-0.15, -0.1) is 0 Å². The highest BCUT2D eigenvalue weighted by Gasteiger charge is 2.19. The van der Waals surface area contributed by atoms with Crippen molar-refractivity contribution in [3.05, 3.63) is 29.8 Å². The average Bonchev–Trinajstić information content (AvgIpc) is 2.37. The first-order valence-corrected chi connectivity index (χ1v) is 7.66. The number of ether oxygens (including phenoxy) is 1. The first kappa shape index (κ1) is 16.2. The SMILES string of the molecule is Cc1ccc(S(=O)(=O)CCC(=O)O[C@H](C)C(N)=O)cc1. The summed E-state index contributed by atoms with van der Waals surface area (Å²) in [4.78, 5) is 22.3. The summed E-state index contributed by atoms with van der Waals surface area (Å²) < 4.78 is 28.6. The Morgan fingerprint density at radius 2 is 1.80 bits per heavy atom. The Labute approximate surface area is 117 Å². The van der Waals surface area contributed by atoms with Crippen LogP contribution in [0.3, 0.4) is 0 Å². The summed E-state index contributed by atoms with van der Waals surface area (Å²) in [5.74, 6) is -1.92. The molecule has 7 heteroatoms. The zero-order valence-corrected chi connectivity index (χ0v) is 12.1. The van der Waals surface area contributed by atoms with Gasteiger partial charge >= 0.3 is 5.97 Å². The summed E-state index contributed by atoms with van der Waals surface area (Å²) in [6.45, 7) is 3.17. The van der Waals surface area contributed by atoms with Crippen LogP contribution in [0.25, 0.3) is 0 Å². The van der Waals surface area contributed by atoms with Gasteiger partial charge in [-0.1, -0.05) is 17.7 Å². The minimum atomic E-state index is -3.55. The van der Waals surface area contributed by atoms with Crippen molar-refractivity contribution >= 4 is 21.7 Å². The summed E-state index contributed by atoms with van der Waals surface area (Å²) in [6, 6.07) is 6.34. The molecule has 0 heterocycles. The summed E-state index contributed by atoms with van der Waals surface area (Å²) in [5, 5.41) is 0. The predicted octanol–water partition coefficient (Wildman–Crippen LogP) is 0.576. The number of amides is 1. The summed E-state index contributed by atoms with van der Waals surface area (Å²) in [6.07, 6.45) is -1.39. The number of carbonyl (C=O) groups excluding carboxylic acids is 2. The lowest BCUT2D eigenvalue weighted by molar-refractivity contribution is -0.153. The van der Waals surface area contributed by atoms with Gasteiger partial charge in [0, 0.05) is 0 Å². The molecular formula is C13H17NO5S. The highest BCUT2D eigenvalue weighted by molar-refractivity contribution is 7.91. The molecule has 0 aliphatic carbocycles. The van der Waals surface area contributed by atoms with Gasteiger partial charge in [0.15, 0.2) is 15.9 Å². The lowest BCUT2D eigenvalue weighted by atomic mass is 10.2. The van der Waals surface area contributed by atoms with Gasteiger partial charge in [0.25, 0.3) is 5.91 Å². The minimum absolute atomic E-state index is 0.152. The molecule has 0 aromatic heterocycles. The molecule has 0 spiro atoms. The van der Waals surface area contributed by atoms with Crippen molar-refractivity contribution < 1.29 is 22.7 Å². The lowest BCUT2D eigenvalue weighted by Gasteiger charge is -2.09. The molecule has 20 heavy (non-hydrogen) atoms. The van der Waals surface area contributed by atoms with Crippen LogP contribution < -0.4 is 5.73 Å². The Kier molecular flexibility index (Phi) is 5.26. The van der Waals surface area contributed by atoms with E-state index in [1.165, 1.54) is 19.1 Å². The average molecular weight is 299 g/mol. The van der Waals surface area contributed by atoms with E-state index in [1.807, 2.05) is 6.92 Å². The van der Waals surface area contributed by atoms with Crippen LogP contribution in [0.5, 0.6) is 0 Å². The zero-order chi connectivity index (χ0) is 15.3. The number of aryl methyl sites for hydroxylation is 1. The van der Waals surface area contributed by atoms with Crippen LogP contribution >= 0.6 is 0 Å². The second kappa shape index (κ2) is 6.51. The molecule has 2 N–H and O–H groups in total. The molecule has 0 radical (unpaired) electrons.